The fourth-order valence-electron chi connectivity index (χ4n) is 2.29. The van der Waals surface area contributed by atoms with Gasteiger partial charge in [-0.1, -0.05) is 0 Å². The molecule has 0 spiro atoms. The van der Waals surface area contributed by atoms with Crippen molar-refractivity contribution in [3.05, 3.63) is 23.8 Å². The van der Waals surface area contributed by atoms with Gasteiger partial charge in [0.05, 0.1) is 12.0 Å². The Labute approximate surface area is 82.3 Å². The lowest BCUT2D eigenvalue weighted by molar-refractivity contribution is -0.0514. The van der Waals surface area contributed by atoms with Gasteiger partial charge in [0.15, 0.2) is 0 Å². The van der Waals surface area contributed by atoms with E-state index < -0.39 is 0 Å². The normalized spacial score (nSPS) is 33.6. The molecule has 2 heterocycles. The van der Waals surface area contributed by atoms with Gasteiger partial charge in [-0.2, -0.15) is 0 Å². The summed E-state index contributed by atoms with van der Waals surface area (Å²) in [6.07, 6.45) is 0.785. The average Bonchev–Trinajstić information content (AvgIpc) is 2.62. The van der Waals surface area contributed by atoms with Crippen molar-refractivity contribution in [1.29, 1.82) is 0 Å². The number of rotatable bonds is 0. The molecule has 1 N–H and O–H groups in total. The lowest BCUT2D eigenvalue weighted by Gasteiger charge is -2.19. The molecule has 1 aromatic rings. The molecule has 3 rings (SSSR count). The van der Waals surface area contributed by atoms with E-state index in [0.29, 0.717) is 5.75 Å². The van der Waals surface area contributed by atoms with Gasteiger partial charge in [-0.25, -0.2) is 0 Å². The molecule has 14 heavy (non-hydrogen) atoms. The van der Waals surface area contributed by atoms with Crippen molar-refractivity contribution < 1.29 is 14.6 Å². The minimum absolute atomic E-state index is 0.0753. The second-order valence-electron chi connectivity index (χ2n) is 4.17. The smallest absolute Gasteiger partial charge is 0.209 e. The van der Waals surface area contributed by atoms with E-state index in [2.05, 4.69) is 6.92 Å². The molecule has 74 valence electrons. The molecule has 0 aromatic heterocycles. The minimum Gasteiger partial charge on any atom is -0.508 e. The first kappa shape index (κ1) is 8.12. The highest BCUT2D eigenvalue weighted by atomic mass is 16.7. The van der Waals surface area contributed by atoms with E-state index in [-0.39, 0.29) is 11.7 Å². The number of phenolic OH excluding ortho intramolecular Hbond substituents is 1. The molecule has 0 unspecified atom stereocenters. The largest absolute Gasteiger partial charge is 0.508 e. The van der Waals surface area contributed by atoms with Crippen molar-refractivity contribution in [2.24, 2.45) is 0 Å². The summed E-state index contributed by atoms with van der Waals surface area (Å²) < 4.78 is 11.2. The maximum absolute atomic E-state index is 9.43. The molecule has 0 saturated carbocycles. The van der Waals surface area contributed by atoms with Gasteiger partial charge >= 0.3 is 0 Å². The van der Waals surface area contributed by atoms with Gasteiger partial charge in [0.2, 0.25) is 6.29 Å². The summed E-state index contributed by atoms with van der Waals surface area (Å²) in [5.41, 5.74) is 0.994. The number of hydrogen-bond donors (Lipinski definition) is 1. The summed E-state index contributed by atoms with van der Waals surface area (Å²) in [6, 6.07) is 5.23. The summed E-state index contributed by atoms with van der Waals surface area (Å²) >= 11 is 0. The van der Waals surface area contributed by atoms with Gasteiger partial charge in [0, 0.05) is 5.56 Å². The summed E-state index contributed by atoms with van der Waals surface area (Å²) in [6.45, 7) is 2.85. The Kier molecular flexibility index (Phi) is 1.40. The van der Waals surface area contributed by atoms with Crippen LogP contribution in [0.15, 0.2) is 18.2 Å². The monoisotopic (exact) mass is 192 g/mol. The van der Waals surface area contributed by atoms with E-state index in [1.165, 1.54) is 0 Å². The average molecular weight is 192 g/mol. The molecule has 0 bridgehead atoms. The third kappa shape index (κ3) is 0.852. The van der Waals surface area contributed by atoms with Crippen LogP contribution >= 0.6 is 0 Å². The van der Waals surface area contributed by atoms with Crippen LogP contribution in [0.1, 0.15) is 18.9 Å². The van der Waals surface area contributed by atoms with Gasteiger partial charge in [0.1, 0.15) is 11.5 Å². The number of benzene rings is 1. The maximum atomic E-state index is 9.43. The van der Waals surface area contributed by atoms with Gasteiger partial charge in [-0.05, 0) is 31.5 Å². The lowest BCUT2D eigenvalue weighted by atomic mass is 9.82. The topological polar surface area (TPSA) is 38.7 Å². The Morgan fingerprint density at radius 3 is 3.21 bits per heavy atom. The first-order valence-electron chi connectivity index (χ1n) is 4.82. The number of fused-ring (bicyclic) bond motifs is 3. The van der Waals surface area contributed by atoms with Crippen LogP contribution in [0.3, 0.4) is 0 Å². The van der Waals surface area contributed by atoms with Crippen LogP contribution in [0.5, 0.6) is 11.5 Å². The molecular weight excluding hydrogens is 180 g/mol. The fraction of sp³-hybridized carbons (Fsp3) is 0.455. The zero-order valence-electron chi connectivity index (χ0n) is 7.99. The van der Waals surface area contributed by atoms with Gasteiger partial charge in [0.25, 0.3) is 0 Å². The van der Waals surface area contributed by atoms with Crippen LogP contribution in [0.2, 0.25) is 0 Å². The number of phenols is 1. The predicted molar refractivity (Wildman–Crippen MR) is 50.4 cm³/mol. The summed E-state index contributed by atoms with van der Waals surface area (Å²) in [4.78, 5) is 0. The van der Waals surface area contributed by atoms with Crippen molar-refractivity contribution in [2.75, 3.05) is 6.61 Å². The van der Waals surface area contributed by atoms with Crippen molar-refractivity contribution in [2.45, 2.75) is 25.0 Å². The first-order valence-corrected chi connectivity index (χ1v) is 4.82. The summed E-state index contributed by atoms with van der Waals surface area (Å²) in [7, 11) is 0. The molecule has 2 atom stereocenters. The SMILES string of the molecule is C[C@]12CCO[C@H]1Oc1ccc(O)cc12. The number of aromatic hydroxyl groups is 1. The number of hydrogen-bond acceptors (Lipinski definition) is 3. The van der Waals surface area contributed by atoms with E-state index in [0.717, 1.165) is 24.3 Å². The van der Waals surface area contributed by atoms with Crippen molar-refractivity contribution in [1.82, 2.24) is 0 Å². The van der Waals surface area contributed by atoms with Crippen LogP contribution in [0.4, 0.5) is 0 Å². The van der Waals surface area contributed by atoms with Crippen LogP contribution in [0, 0.1) is 0 Å². The molecule has 0 amide bonds. The molecule has 3 nitrogen and oxygen atoms in total. The Balaban J connectivity index is 2.17. The van der Waals surface area contributed by atoms with Crippen molar-refractivity contribution >= 4 is 0 Å². The van der Waals surface area contributed by atoms with Gasteiger partial charge in [-0.3, -0.25) is 0 Å². The zero-order chi connectivity index (χ0) is 9.76. The highest BCUT2D eigenvalue weighted by molar-refractivity contribution is 5.48. The Morgan fingerprint density at radius 2 is 2.36 bits per heavy atom. The van der Waals surface area contributed by atoms with Crippen LogP contribution in [-0.4, -0.2) is 18.0 Å². The van der Waals surface area contributed by atoms with E-state index in [1.54, 1.807) is 18.2 Å². The Bertz CT molecular complexity index is 388. The Hall–Kier alpha value is -1.22. The number of ether oxygens (including phenoxy) is 2. The second-order valence-corrected chi connectivity index (χ2v) is 4.17. The zero-order valence-corrected chi connectivity index (χ0v) is 7.99. The quantitative estimate of drug-likeness (QED) is 0.681. The third-order valence-corrected chi connectivity index (χ3v) is 3.22. The van der Waals surface area contributed by atoms with Gasteiger partial charge in [-0.15, -0.1) is 0 Å². The van der Waals surface area contributed by atoms with E-state index >= 15 is 0 Å². The molecular formula is C11H12O3. The highest BCUT2D eigenvalue weighted by Gasteiger charge is 2.49. The van der Waals surface area contributed by atoms with Crippen LogP contribution in [-0.2, 0) is 10.2 Å². The second kappa shape index (κ2) is 2.42. The van der Waals surface area contributed by atoms with Gasteiger partial charge < -0.3 is 14.6 Å². The van der Waals surface area contributed by atoms with Crippen molar-refractivity contribution in [3.63, 3.8) is 0 Å². The molecule has 0 radical (unpaired) electrons. The fourth-order valence-corrected chi connectivity index (χ4v) is 2.29. The standard InChI is InChI=1S/C11H12O3/c1-11-4-5-13-10(11)14-9-3-2-7(12)6-8(9)11/h2-3,6,10,12H,4-5H2,1H3/t10-,11+/m0/s1. The predicted octanol–water partition coefficient (Wildman–Crippen LogP) is 1.79. The molecule has 1 saturated heterocycles. The molecule has 1 aromatic carbocycles. The van der Waals surface area contributed by atoms with E-state index in [9.17, 15) is 5.11 Å². The Morgan fingerprint density at radius 1 is 1.50 bits per heavy atom. The lowest BCUT2D eigenvalue weighted by Crippen LogP contribution is -2.29. The van der Waals surface area contributed by atoms with E-state index in [1.807, 2.05) is 0 Å². The van der Waals surface area contributed by atoms with Crippen LogP contribution < -0.4 is 4.74 Å². The first-order chi connectivity index (χ1) is 6.70. The van der Waals surface area contributed by atoms with Crippen LogP contribution in [0.25, 0.3) is 0 Å². The molecule has 2 aliphatic rings. The third-order valence-electron chi connectivity index (χ3n) is 3.22. The summed E-state index contributed by atoms with van der Waals surface area (Å²) in [5.74, 6) is 1.14. The molecule has 2 aliphatic heterocycles. The minimum atomic E-state index is -0.167. The molecule has 3 heteroatoms. The van der Waals surface area contributed by atoms with Crippen molar-refractivity contribution in [3.8, 4) is 11.5 Å². The molecule has 0 aliphatic carbocycles. The summed E-state index contributed by atoms with van der Waals surface area (Å²) in [5, 5.41) is 9.43. The van der Waals surface area contributed by atoms with E-state index in [4.69, 9.17) is 9.47 Å². The highest BCUT2D eigenvalue weighted by Crippen LogP contribution is 2.49. The molecule has 1 fully saturated rings. The maximum Gasteiger partial charge on any atom is 0.209 e.